The molecule has 0 saturated carbocycles. The van der Waals surface area contributed by atoms with Gasteiger partial charge >= 0.3 is 11.7 Å². The predicted octanol–water partition coefficient (Wildman–Crippen LogP) is 2.74. The normalized spacial score (nSPS) is 11.1. The maximum atomic E-state index is 13.0. The average Bonchev–Trinajstić information content (AvgIpc) is 2.80. The zero-order chi connectivity index (χ0) is 25.0. The maximum Gasteiger partial charge on any atom is 0.338 e. The van der Waals surface area contributed by atoms with Crippen molar-refractivity contribution < 1.29 is 14.3 Å². The standard InChI is InChI=1S/C24H28N4O5S/c1-6-33-23(31)15-7-9-17(10-8-15)26-18(29)13-34-20-16(11-14(2)3)12-25-21-19(20)22(30)28(5)24(32)27(21)4/h7-10,12,14H,6,11,13H2,1-5H3,(H,26,29). The van der Waals surface area contributed by atoms with Gasteiger partial charge in [-0.05, 0) is 49.1 Å². The van der Waals surface area contributed by atoms with Crippen molar-refractivity contribution in [1.82, 2.24) is 14.1 Å². The summed E-state index contributed by atoms with van der Waals surface area (Å²) in [6.45, 7) is 6.14. The van der Waals surface area contributed by atoms with Crippen molar-refractivity contribution in [3.05, 3.63) is 62.4 Å². The van der Waals surface area contributed by atoms with Crippen molar-refractivity contribution in [1.29, 1.82) is 0 Å². The third-order valence-corrected chi connectivity index (χ3v) is 6.31. The highest BCUT2D eigenvalue weighted by Gasteiger charge is 2.19. The number of hydrogen-bond donors (Lipinski definition) is 1. The number of hydrogen-bond acceptors (Lipinski definition) is 7. The van der Waals surface area contributed by atoms with Crippen LogP contribution < -0.4 is 16.6 Å². The maximum absolute atomic E-state index is 13.0. The molecule has 0 aliphatic carbocycles. The lowest BCUT2D eigenvalue weighted by Crippen LogP contribution is -2.37. The number of esters is 1. The van der Waals surface area contributed by atoms with E-state index in [0.717, 1.165) is 10.1 Å². The summed E-state index contributed by atoms with van der Waals surface area (Å²) in [5.41, 5.74) is 1.19. The number of fused-ring (bicyclic) bond motifs is 1. The zero-order valence-corrected chi connectivity index (χ0v) is 20.7. The molecule has 1 N–H and O–H groups in total. The molecule has 0 atom stereocenters. The Kier molecular flexibility index (Phi) is 7.93. The van der Waals surface area contributed by atoms with Gasteiger partial charge in [-0.25, -0.2) is 14.6 Å². The fourth-order valence-electron chi connectivity index (χ4n) is 3.53. The van der Waals surface area contributed by atoms with Crippen LogP contribution in [-0.4, -0.2) is 38.4 Å². The molecule has 1 aromatic carbocycles. The Morgan fingerprint density at radius 3 is 2.41 bits per heavy atom. The van der Waals surface area contributed by atoms with Crippen LogP contribution in [0.4, 0.5) is 5.69 Å². The van der Waals surface area contributed by atoms with Crippen molar-refractivity contribution in [3.63, 3.8) is 0 Å². The summed E-state index contributed by atoms with van der Waals surface area (Å²) in [5, 5.41) is 3.13. The average molecular weight is 485 g/mol. The lowest BCUT2D eigenvalue weighted by Gasteiger charge is -2.15. The van der Waals surface area contributed by atoms with Crippen LogP contribution in [0.5, 0.6) is 0 Å². The van der Waals surface area contributed by atoms with Crippen molar-refractivity contribution in [3.8, 4) is 0 Å². The van der Waals surface area contributed by atoms with E-state index in [9.17, 15) is 19.2 Å². The second kappa shape index (κ2) is 10.7. The van der Waals surface area contributed by atoms with E-state index in [1.807, 2.05) is 0 Å². The lowest BCUT2D eigenvalue weighted by molar-refractivity contribution is -0.113. The molecule has 3 rings (SSSR count). The van der Waals surface area contributed by atoms with Crippen LogP contribution >= 0.6 is 11.8 Å². The molecule has 3 aromatic rings. The first kappa shape index (κ1) is 25.2. The fourth-order valence-corrected chi connectivity index (χ4v) is 4.52. The molecule has 0 spiro atoms. The number of rotatable bonds is 8. The molecule has 0 radical (unpaired) electrons. The molecule has 0 saturated heterocycles. The van der Waals surface area contributed by atoms with Crippen molar-refractivity contribution in [2.75, 3.05) is 17.7 Å². The second-order valence-electron chi connectivity index (χ2n) is 8.25. The third kappa shape index (κ3) is 5.39. The van der Waals surface area contributed by atoms with Gasteiger partial charge in [0.05, 0.1) is 23.3 Å². The van der Waals surface area contributed by atoms with Gasteiger partial charge in [-0.15, -0.1) is 11.8 Å². The Bertz CT molecular complexity index is 1340. The Morgan fingerprint density at radius 1 is 1.12 bits per heavy atom. The van der Waals surface area contributed by atoms with Gasteiger partial charge in [0.1, 0.15) is 5.65 Å². The minimum absolute atomic E-state index is 0.0514. The molecule has 10 heteroatoms. The van der Waals surface area contributed by atoms with E-state index in [-0.39, 0.29) is 23.9 Å². The van der Waals surface area contributed by atoms with Crippen LogP contribution in [0.25, 0.3) is 11.0 Å². The van der Waals surface area contributed by atoms with E-state index in [2.05, 4.69) is 24.1 Å². The summed E-state index contributed by atoms with van der Waals surface area (Å²) in [5.74, 6) is -0.331. The van der Waals surface area contributed by atoms with Crippen LogP contribution in [-0.2, 0) is 30.0 Å². The van der Waals surface area contributed by atoms with Crippen molar-refractivity contribution in [2.24, 2.45) is 20.0 Å². The van der Waals surface area contributed by atoms with Crippen LogP contribution in [0, 0.1) is 5.92 Å². The molecule has 2 aromatic heterocycles. The smallest absolute Gasteiger partial charge is 0.338 e. The van der Waals surface area contributed by atoms with Gasteiger partial charge in [-0.2, -0.15) is 0 Å². The van der Waals surface area contributed by atoms with Crippen LogP contribution in [0.2, 0.25) is 0 Å². The first-order valence-electron chi connectivity index (χ1n) is 10.9. The van der Waals surface area contributed by atoms with E-state index in [1.54, 1.807) is 44.4 Å². The summed E-state index contributed by atoms with van der Waals surface area (Å²) in [6, 6.07) is 6.43. The summed E-state index contributed by atoms with van der Waals surface area (Å²) >= 11 is 1.24. The zero-order valence-electron chi connectivity index (χ0n) is 19.9. The van der Waals surface area contributed by atoms with Crippen LogP contribution in [0.1, 0.15) is 36.7 Å². The van der Waals surface area contributed by atoms with Gasteiger partial charge in [0.2, 0.25) is 5.91 Å². The van der Waals surface area contributed by atoms with Gasteiger partial charge in [-0.1, -0.05) is 13.8 Å². The van der Waals surface area contributed by atoms with Gasteiger partial charge < -0.3 is 10.1 Å². The molecule has 9 nitrogen and oxygen atoms in total. The summed E-state index contributed by atoms with van der Waals surface area (Å²) in [6.07, 6.45) is 2.35. The fraction of sp³-hybridized carbons (Fsp3) is 0.375. The van der Waals surface area contributed by atoms with E-state index >= 15 is 0 Å². The van der Waals surface area contributed by atoms with Crippen LogP contribution in [0.3, 0.4) is 0 Å². The Morgan fingerprint density at radius 2 is 1.79 bits per heavy atom. The number of benzene rings is 1. The minimum atomic E-state index is -0.457. The molecular formula is C24H28N4O5S. The molecule has 0 fully saturated rings. The molecule has 0 aliphatic rings. The summed E-state index contributed by atoms with van der Waals surface area (Å²) in [4.78, 5) is 54.8. The number of aromatic nitrogens is 3. The number of nitrogens with zero attached hydrogens (tertiary/aromatic N) is 3. The Labute approximate surface area is 201 Å². The number of aryl methyl sites for hydroxylation is 1. The monoisotopic (exact) mass is 484 g/mol. The number of anilines is 1. The summed E-state index contributed by atoms with van der Waals surface area (Å²) in [7, 11) is 3.00. The molecule has 0 aliphatic heterocycles. The number of carbonyl (C=O) groups excluding carboxylic acids is 2. The highest BCUT2D eigenvalue weighted by Crippen LogP contribution is 2.30. The molecule has 2 heterocycles. The van der Waals surface area contributed by atoms with Gasteiger partial charge in [0, 0.05) is 30.9 Å². The van der Waals surface area contributed by atoms with E-state index in [0.29, 0.717) is 33.9 Å². The number of carbonyl (C=O) groups is 2. The first-order valence-corrected chi connectivity index (χ1v) is 11.9. The Balaban J connectivity index is 1.87. The van der Waals surface area contributed by atoms with E-state index in [1.165, 1.54) is 23.4 Å². The van der Waals surface area contributed by atoms with Crippen molar-refractivity contribution in [2.45, 2.75) is 32.1 Å². The summed E-state index contributed by atoms with van der Waals surface area (Å²) < 4.78 is 7.35. The third-order valence-electron chi connectivity index (χ3n) is 5.15. The highest BCUT2D eigenvalue weighted by molar-refractivity contribution is 8.00. The minimum Gasteiger partial charge on any atom is -0.462 e. The first-order chi connectivity index (χ1) is 16.1. The highest BCUT2D eigenvalue weighted by atomic mass is 32.2. The number of ether oxygens (including phenoxy) is 1. The topological polar surface area (TPSA) is 112 Å². The number of pyridine rings is 1. The van der Waals surface area contributed by atoms with E-state index < -0.39 is 17.2 Å². The van der Waals surface area contributed by atoms with E-state index in [4.69, 9.17) is 4.74 Å². The van der Waals surface area contributed by atoms with Gasteiger partial charge in [-0.3, -0.25) is 18.7 Å². The molecule has 0 bridgehead atoms. The quantitative estimate of drug-likeness (QED) is 0.386. The van der Waals surface area contributed by atoms with Crippen molar-refractivity contribution >= 4 is 40.4 Å². The van der Waals surface area contributed by atoms with Crippen LogP contribution in [0.15, 0.2) is 44.9 Å². The SMILES string of the molecule is CCOC(=O)c1ccc(NC(=O)CSc2c(CC(C)C)cnc3c2c(=O)n(C)c(=O)n3C)cc1. The number of amides is 1. The predicted molar refractivity (Wildman–Crippen MR) is 133 cm³/mol. The Hall–Kier alpha value is -3.40. The molecule has 34 heavy (non-hydrogen) atoms. The lowest BCUT2D eigenvalue weighted by atomic mass is 10.0. The second-order valence-corrected chi connectivity index (χ2v) is 9.24. The molecule has 1 amide bonds. The van der Waals surface area contributed by atoms with Gasteiger partial charge in [0.15, 0.2) is 0 Å². The molecular weight excluding hydrogens is 456 g/mol. The molecule has 180 valence electrons. The van der Waals surface area contributed by atoms with Gasteiger partial charge in [0.25, 0.3) is 5.56 Å². The number of nitrogens with one attached hydrogen (secondary N) is 1. The number of thioether (sulfide) groups is 1. The largest absolute Gasteiger partial charge is 0.462 e. The molecule has 0 unspecified atom stereocenters.